The smallest absolute Gasteiger partial charge is 0.328 e. The summed E-state index contributed by atoms with van der Waals surface area (Å²) in [6, 6.07) is 9.16. The van der Waals surface area contributed by atoms with Crippen molar-refractivity contribution in [3.63, 3.8) is 0 Å². The van der Waals surface area contributed by atoms with Gasteiger partial charge in [-0.3, -0.25) is 0 Å². The van der Waals surface area contributed by atoms with Crippen molar-refractivity contribution in [3.05, 3.63) is 30.3 Å². The van der Waals surface area contributed by atoms with Gasteiger partial charge in [-0.1, -0.05) is 18.2 Å². The molecule has 1 rings (SSSR count). The van der Waals surface area contributed by atoms with Gasteiger partial charge in [0.1, 0.15) is 6.04 Å². The number of rotatable bonds is 6. The van der Waals surface area contributed by atoms with Gasteiger partial charge in [-0.2, -0.15) is 0 Å². The molecule has 0 radical (unpaired) electrons. The summed E-state index contributed by atoms with van der Waals surface area (Å²) in [6.45, 7) is 3.88. The molecule has 0 aliphatic heterocycles. The van der Waals surface area contributed by atoms with Crippen molar-refractivity contribution in [1.82, 2.24) is 0 Å². The second-order valence-corrected chi connectivity index (χ2v) is 4.75. The zero-order valence-electron chi connectivity index (χ0n) is 11.4. The van der Waals surface area contributed by atoms with Gasteiger partial charge in [-0.15, -0.1) is 0 Å². The number of carbonyl (C=O) groups excluding carboxylic acids is 1. The van der Waals surface area contributed by atoms with Crippen LogP contribution in [0.15, 0.2) is 30.3 Å². The molecule has 0 aliphatic rings. The average Bonchev–Trinajstić information content (AvgIpc) is 2.38. The summed E-state index contributed by atoms with van der Waals surface area (Å²) >= 11 is 0. The number of hydrogen-bond donors (Lipinski definition) is 1. The van der Waals surface area contributed by atoms with Crippen LogP contribution < -0.4 is 5.32 Å². The van der Waals surface area contributed by atoms with Crippen molar-refractivity contribution in [2.45, 2.75) is 31.9 Å². The van der Waals surface area contributed by atoms with Crippen LogP contribution in [0.5, 0.6) is 0 Å². The number of hydrogen-bond acceptors (Lipinski definition) is 4. The Morgan fingerprint density at radius 2 is 1.89 bits per heavy atom. The van der Waals surface area contributed by atoms with E-state index in [4.69, 9.17) is 9.47 Å². The summed E-state index contributed by atoms with van der Waals surface area (Å²) in [5.41, 5.74) is 0.500. The fraction of sp³-hybridized carbons (Fsp3) is 0.500. The molecular formula is C14H21NO3. The van der Waals surface area contributed by atoms with Crippen LogP contribution in [-0.2, 0) is 14.3 Å². The molecule has 0 aliphatic carbocycles. The van der Waals surface area contributed by atoms with Crippen LogP contribution in [0, 0.1) is 0 Å². The van der Waals surface area contributed by atoms with Crippen molar-refractivity contribution in [2.75, 3.05) is 19.5 Å². The highest BCUT2D eigenvalue weighted by Crippen LogP contribution is 2.19. The second kappa shape index (κ2) is 6.40. The van der Waals surface area contributed by atoms with Crippen LogP contribution in [0.25, 0.3) is 0 Å². The Balaban J connectivity index is 2.77. The van der Waals surface area contributed by atoms with E-state index in [1.54, 1.807) is 7.11 Å². The number of methoxy groups -OCH3 is 2. The van der Waals surface area contributed by atoms with Gasteiger partial charge in [0.15, 0.2) is 0 Å². The maximum Gasteiger partial charge on any atom is 0.328 e. The van der Waals surface area contributed by atoms with E-state index in [2.05, 4.69) is 5.32 Å². The lowest BCUT2D eigenvalue weighted by atomic mass is 9.98. The van der Waals surface area contributed by atoms with Crippen molar-refractivity contribution >= 4 is 11.7 Å². The first-order chi connectivity index (χ1) is 8.48. The third kappa shape index (κ3) is 4.37. The molecule has 100 valence electrons. The summed E-state index contributed by atoms with van der Waals surface area (Å²) in [4.78, 5) is 11.8. The quantitative estimate of drug-likeness (QED) is 0.789. The highest BCUT2D eigenvalue weighted by Gasteiger charge is 2.28. The van der Waals surface area contributed by atoms with Gasteiger partial charge >= 0.3 is 5.97 Å². The normalized spacial score (nSPS) is 12.9. The van der Waals surface area contributed by atoms with Crippen LogP contribution in [0.2, 0.25) is 0 Å². The Kier molecular flexibility index (Phi) is 5.16. The van der Waals surface area contributed by atoms with Gasteiger partial charge in [0.25, 0.3) is 0 Å². The minimum absolute atomic E-state index is 0.288. The molecule has 1 atom stereocenters. The number of anilines is 1. The lowest BCUT2D eigenvalue weighted by Crippen LogP contribution is -2.39. The van der Waals surface area contributed by atoms with Gasteiger partial charge in [0.2, 0.25) is 0 Å². The van der Waals surface area contributed by atoms with Crippen molar-refractivity contribution in [1.29, 1.82) is 0 Å². The first-order valence-corrected chi connectivity index (χ1v) is 5.93. The molecule has 0 heterocycles. The monoisotopic (exact) mass is 251 g/mol. The van der Waals surface area contributed by atoms with E-state index in [9.17, 15) is 4.79 Å². The van der Waals surface area contributed by atoms with Crippen LogP contribution in [0.4, 0.5) is 5.69 Å². The second-order valence-electron chi connectivity index (χ2n) is 4.75. The zero-order valence-corrected chi connectivity index (χ0v) is 11.4. The Labute approximate surface area is 108 Å². The lowest BCUT2D eigenvalue weighted by Gasteiger charge is -2.28. The Hall–Kier alpha value is -1.55. The predicted molar refractivity (Wildman–Crippen MR) is 71.6 cm³/mol. The topological polar surface area (TPSA) is 47.6 Å². The molecule has 4 nitrogen and oxygen atoms in total. The highest BCUT2D eigenvalue weighted by molar-refractivity contribution is 5.79. The lowest BCUT2D eigenvalue weighted by molar-refractivity contribution is -0.143. The summed E-state index contributed by atoms with van der Waals surface area (Å²) in [5, 5.41) is 3.17. The molecule has 0 fully saturated rings. The molecule has 4 heteroatoms. The minimum atomic E-state index is -0.424. The van der Waals surface area contributed by atoms with Crippen LogP contribution >= 0.6 is 0 Å². The van der Waals surface area contributed by atoms with Crippen molar-refractivity contribution < 1.29 is 14.3 Å². The molecule has 18 heavy (non-hydrogen) atoms. The molecule has 1 N–H and O–H groups in total. The molecule has 1 aromatic rings. The maximum absolute atomic E-state index is 11.8. The van der Waals surface area contributed by atoms with Crippen LogP contribution in [-0.4, -0.2) is 31.8 Å². The molecule has 0 aromatic heterocycles. The Morgan fingerprint density at radius 1 is 1.28 bits per heavy atom. The third-order valence-corrected chi connectivity index (χ3v) is 2.85. The van der Waals surface area contributed by atoms with Gasteiger partial charge in [-0.05, 0) is 26.0 Å². The first-order valence-electron chi connectivity index (χ1n) is 5.93. The average molecular weight is 251 g/mol. The number of nitrogens with one attached hydrogen (secondary N) is 1. The first kappa shape index (κ1) is 14.5. The standard InChI is InChI=1S/C14H21NO3/c1-14(2,18-4)10-12(13(16)17-3)15-11-8-6-5-7-9-11/h5-9,12,15H,10H2,1-4H3. The number of esters is 1. The van der Waals surface area contributed by atoms with Gasteiger partial charge in [-0.25, -0.2) is 4.79 Å². The van der Waals surface area contributed by atoms with E-state index in [1.165, 1.54) is 7.11 Å². The number of para-hydroxylation sites is 1. The minimum Gasteiger partial charge on any atom is -0.467 e. The zero-order chi connectivity index (χ0) is 13.6. The molecule has 0 amide bonds. The van der Waals surface area contributed by atoms with Crippen molar-refractivity contribution in [3.8, 4) is 0 Å². The number of carbonyl (C=O) groups is 1. The van der Waals surface area contributed by atoms with Gasteiger partial charge < -0.3 is 14.8 Å². The van der Waals surface area contributed by atoms with E-state index in [0.29, 0.717) is 6.42 Å². The SMILES string of the molecule is COC(=O)C(CC(C)(C)OC)Nc1ccccc1. The third-order valence-electron chi connectivity index (χ3n) is 2.85. The van der Waals surface area contributed by atoms with Gasteiger partial charge in [0.05, 0.1) is 12.7 Å². The van der Waals surface area contributed by atoms with Crippen LogP contribution in [0.1, 0.15) is 20.3 Å². The summed E-state index contributed by atoms with van der Waals surface area (Å²) in [6.07, 6.45) is 0.533. The molecule has 0 spiro atoms. The van der Waals surface area contributed by atoms with E-state index >= 15 is 0 Å². The summed E-state index contributed by atoms with van der Waals surface area (Å²) < 4.78 is 10.2. The largest absolute Gasteiger partial charge is 0.467 e. The van der Waals surface area contributed by atoms with Crippen molar-refractivity contribution in [2.24, 2.45) is 0 Å². The highest BCUT2D eigenvalue weighted by atomic mass is 16.5. The Bertz CT molecular complexity index is 376. The molecule has 0 saturated heterocycles. The number of benzene rings is 1. The van der Waals surface area contributed by atoms with Crippen LogP contribution in [0.3, 0.4) is 0 Å². The fourth-order valence-corrected chi connectivity index (χ4v) is 1.65. The summed E-state index contributed by atoms with van der Waals surface area (Å²) in [7, 11) is 3.03. The molecule has 1 unspecified atom stereocenters. The maximum atomic E-state index is 11.8. The Morgan fingerprint density at radius 3 is 2.39 bits per heavy atom. The van der Waals surface area contributed by atoms with E-state index < -0.39 is 6.04 Å². The fourth-order valence-electron chi connectivity index (χ4n) is 1.65. The molecule has 0 saturated carbocycles. The van der Waals surface area contributed by atoms with Gasteiger partial charge in [0, 0.05) is 19.2 Å². The molecular weight excluding hydrogens is 230 g/mol. The summed E-state index contributed by atoms with van der Waals surface area (Å²) in [5.74, 6) is -0.288. The predicted octanol–water partition coefficient (Wildman–Crippen LogP) is 2.46. The van der Waals surface area contributed by atoms with E-state index in [1.807, 2.05) is 44.2 Å². The number of ether oxygens (including phenoxy) is 2. The van der Waals surface area contributed by atoms with E-state index in [-0.39, 0.29) is 11.6 Å². The van der Waals surface area contributed by atoms with E-state index in [0.717, 1.165) is 5.69 Å². The molecule has 0 bridgehead atoms. The molecule has 1 aromatic carbocycles.